The summed E-state index contributed by atoms with van der Waals surface area (Å²) in [6.45, 7) is 1.94. The number of fused-ring (bicyclic) bond motifs is 1. The van der Waals surface area contributed by atoms with E-state index >= 15 is 0 Å². The molecule has 0 fully saturated rings. The summed E-state index contributed by atoms with van der Waals surface area (Å²) in [6.07, 6.45) is 1.41. The molecule has 0 amide bonds. The number of hydrogen-bond donors (Lipinski definition) is 0. The lowest BCUT2D eigenvalue weighted by Crippen LogP contribution is -2.18. The molecule has 1 aliphatic carbocycles. The number of allylic oxidation sites excluding steroid dienone is 2. The molecular formula is C20H17NO5S2. The van der Waals surface area contributed by atoms with Gasteiger partial charge < -0.3 is 4.74 Å². The number of benzene rings is 2. The van der Waals surface area contributed by atoms with Gasteiger partial charge in [-0.15, -0.1) is 11.8 Å². The summed E-state index contributed by atoms with van der Waals surface area (Å²) < 4.78 is 34.2. The van der Waals surface area contributed by atoms with Gasteiger partial charge in [0.1, 0.15) is 0 Å². The third-order valence-corrected chi connectivity index (χ3v) is 6.15. The van der Waals surface area contributed by atoms with Crippen LogP contribution in [0.5, 0.6) is 0 Å². The number of sulfonamides is 1. The molecule has 0 aliphatic heterocycles. The molecule has 2 aromatic carbocycles. The molecule has 0 saturated carbocycles. The Hall–Kier alpha value is -2.71. The van der Waals surface area contributed by atoms with Gasteiger partial charge in [-0.2, -0.15) is 12.8 Å². The molecule has 0 heterocycles. The summed E-state index contributed by atoms with van der Waals surface area (Å²) in [5, 5.41) is 0. The number of ketones is 1. The van der Waals surface area contributed by atoms with Crippen molar-refractivity contribution in [1.82, 2.24) is 0 Å². The normalized spacial score (nSPS) is 15.1. The number of carbonyl (C=O) groups excluding carboxylic acids is 2. The number of Topliss-reactive ketones (excluding diaryl/α,β-unsaturated/α-hetero) is 1. The molecule has 0 bridgehead atoms. The summed E-state index contributed by atoms with van der Waals surface area (Å²) in [4.78, 5) is 24.7. The summed E-state index contributed by atoms with van der Waals surface area (Å²) in [5.74, 6) is -0.775. The highest BCUT2D eigenvalue weighted by molar-refractivity contribution is 8.04. The Morgan fingerprint density at radius 2 is 1.68 bits per heavy atom. The maximum atomic E-state index is 12.7. The first-order chi connectivity index (χ1) is 13.4. The molecule has 0 N–H and O–H groups in total. The smallest absolute Gasteiger partial charge is 0.316 e. The van der Waals surface area contributed by atoms with Crippen LogP contribution in [-0.4, -0.2) is 38.2 Å². The fraction of sp³-hybridized carbons (Fsp3) is 0.150. The zero-order chi connectivity index (χ0) is 20.1. The van der Waals surface area contributed by atoms with Crippen LogP contribution in [0.3, 0.4) is 0 Å². The third kappa shape index (κ3) is 4.40. The van der Waals surface area contributed by atoms with Gasteiger partial charge in [-0.1, -0.05) is 42.5 Å². The van der Waals surface area contributed by atoms with Gasteiger partial charge >= 0.3 is 5.97 Å². The summed E-state index contributed by atoms with van der Waals surface area (Å²) in [5.41, 5.74) is 0.941. The molecule has 0 aromatic heterocycles. The van der Waals surface area contributed by atoms with E-state index in [1.807, 2.05) is 0 Å². The lowest BCUT2D eigenvalue weighted by molar-refractivity contribution is -0.139. The number of esters is 1. The Morgan fingerprint density at radius 3 is 2.36 bits per heavy atom. The van der Waals surface area contributed by atoms with Crippen LogP contribution in [0, 0.1) is 0 Å². The molecular weight excluding hydrogens is 398 g/mol. The van der Waals surface area contributed by atoms with Crippen LogP contribution >= 0.6 is 11.8 Å². The van der Waals surface area contributed by atoms with E-state index in [1.54, 1.807) is 49.4 Å². The SMILES string of the molecule is CCOC(=O)CSC1=C/C(=N\S(=O)(=O)c2ccccc2)c2ccccc2C1=O. The van der Waals surface area contributed by atoms with Gasteiger partial charge in [0, 0.05) is 11.1 Å². The minimum Gasteiger partial charge on any atom is -0.465 e. The largest absolute Gasteiger partial charge is 0.465 e. The average Bonchev–Trinajstić information content (AvgIpc) is 2.70. The number of ether oxygens (including phenoxy) is 1. The van der Waals surface area contributed by atoms with Gasteiger partial charge in [-0.05, 0) is 25.1 Å². The minimum absolute atomic E-state index is 0.0493. The molecule has 0 radical (unpaired) electrons. The molecule has 28 heavy (non-hydrogen) atoms. The van der Waals surface area contributed by atoms with Crippen molar-refractivity contribution in [3.8, 4) is 0 Å². The molecule has 8 heteroatoms. The third-order valence-electron chi connectivity index (χ3n) is 3.85. The topological polar surface area (TPSA) is 89.9 Å². The minimum atomic E-state index is -3.95. The second-order valence-corrected chi connectivity index (χ2v) is 8.36. The van der Waals surface area contributed by atoms with Gasteiger partial charge in [0.25, 0.3) is 10.0 Å². The first kappa shape index (κ1) is 20.0. The van der Waals surface area contributed by atoms with E-state index in [2.05, 4.69) is 4.40 Å². The summed E-state index contributed by atoms with van der Waals surface area (Å²) >= 11 is 1.00. The lowest BCUT2D eigenvalue weighted by Gasteiger charge is -2.17. The van der Waals surface area contributed by atoms with Crippen LogP contribution in [0.2, 0.25) is 0 Å². The molecule has 2 aromatic rings. The fourth-order valence-electron chi connectivity index (χ4n) is 2.60. The predicted octanol–water partition coefficient (Wildman–Crippen LogP) is 3.24. The Morgan fingerprint density at radius 1 is 1.04 bits per heavy atom. The van der Waals surface area contributed by atoms with Gasteiger partial charge in [-0.25, -0.2) is 0 Å². The van der Waals surface area contributed by atoms with Crippen LogP contribution in [-0.2, 0) is 19.6 Å². The van der Waals surface area contributed by atoms with Gasteiger partial charge in [0.15, 0.2) is 5.78 Å². The Labute approximate surface area is 167 Å². The quantitative estimate of drug-likeness (QED) is 0.673. The fourth-order valence-corrected chi connectivity index (χ4v) is 4.41. The summed E-state index contributed by atoms with van der Waals surface area (Å²) in [7, 11) is -3.95. The van der Waals surface area contributed by atoms with Crippen molar-refractivity contribution in [3.63, 3.8) is 0 Å². The Bertz CT molecular complexity index is 1070. The molecule has 0 spiro atoms. The predicted molar refractivity (Wildman–Crippen MR) is 108 cm³/mol. The van der Waals surface area contributed by atoms with Crippen molar-refractivity contribution in [2.75, 3.05) is 12.4 Å². The van der Waals surface area contributed by atoms with Crippen LogP contribution < -0.4 is 0 Å². The zero-order valence-corrected chi connectivity index (χ0v) is 16.6. The number of thioether (sulfide) groups is 1. The average molecular weight is 415 g/mol. The zero-order valence-electron chi connectivity index (χ0n) is 15.0. The molecule has 0 saturated heterocycles. The second-order valence-electron chi connectivity index (χ2n) is 5.74. The number of hydrogen-bond acceptors (Lipinski definition) is 6. The number of rotatable bonds is 6. The van der Waals surface area contributed by atoms with Gasteiger partial charge in [-0.3, -0.25) is 9.59 Å². The molecule has 6 nitrogen and oxygen atoms in total. The van der Waals surface area contributed by atoms with Crippen LogP contribution in [0.4, 0.5) is 0 Å². The van der Waals surface area contributed by atoms with Crippen molar-refractivity contribution in [2.45, 2.75) is 11.8 Å². The van der Waals surface area contributed by atoms with Crippen LogP contribution in [0.25, 0.3) is 0 Å². The maximum absolute atomic E-state index is 12.7. The lowest BCUT2D eigenvalue weighted by atomic mass is 9.94. The first-order valence-electron chi connectivity index (χ1n) is 8.46. The van der Waals surface area contributed by atoms with E-state index < -0.39 is 16.0 Å². The highest BCUT2D eigenvalue weighted by Gasteiger charge is 2.26. The Balaban J connectivity index is 2.02. The van der Waals surface area contributed by atoms with E-state index in [4.69, 9.17) is 4.74 Å². The molecule has 3 rings (SSSR count). The van der Waals surface area contributed by atoms with Crippen molar-refractivity contribution in [3.05, 3.63) is 76.7 Å². The van der Waals surface area contributed by atoms with Crippen molar-refractivity contribution >= 4 is 39.2 Å². The number of nitrogens with zero attached hydrogens (tertiary/aromatic N) is 1. The van der Waals surface area contributed by atoms with E-state index in [9.17, 15) is 18.0 Å². The monoisotopic (exact) mass is 415 g/mol. The van der Waals surface area contributed by atoms with Gasteiger partial charge in [0.2, 0.25) is 0 Å². The standard InChI is InChI=1S/C20H17NO5S2/c1-2-26-19(22)13-27-18-12-17(15-10-6-7-11-16(15)20(18)23)21-28(24,25)14-8-4-3-5-9-14/h3-12H,2,13H2,1H3/b21-17+. The van der Waals surface area contributed by atoms with Crippen LogP contribution in [0.15, 0.2) is 74.9 Å². The Kier molecular flexibility index (Phi) is 6.11. The molecule has 1 aliphatic rings. The molecule has 0 unspecified atom stereocenters. The highest BCUT2D eigenvalue weighted by atomic mass is 32.2. The molecule has 144 valence electrons. The van der Waals surface area contributed by atoms with E-state index in [0.717, 1.165) is 11.8 Å². The second kappa shape index (κ2) is 8.53. The van der Waals surface area contributed by atoms with Crippen molar-refractivity contribution < 1.29 is 22.7 Å². The van der Waals surface area contributed by atoms with E-state index in [-0.39, 0.29) is 33.7 Å². The van der Waals surface area contributed by atoms with Crippen molar-refractivity contribution in [1.29, 1.82) is 0 Å². The number of carbonyl (C=O) groups is 2. The highest BCUT2D eigenvalue weighted by Crippen LogP contribution is 2.29. The van der Waals surface area contributed by atoms with Crippen molar-refractivity contribution in [2.24, 2.45) is 4.40 Å². The van der Waals surface area contributed by atoms with E-state index in [1.165, 1.54) is 18.2 Å². The maximum Gasteiger partial charge on any atom is 0.316 e. The van der Waals surface area contributed by atoms with Crippen LogP contribution in [0.1, 0.15) is 22.8 Å². The summed E-state index contributed by atoms with van der Waals surface area (Å²) in [6, 6.07) is 14.5. The first-order valence-corrected chi connectivity index (χ1v) is 10.9. The van der Waals surface area contributed by atoms with E-state index in [0.29, 0.717) is 11.1 Å². The van der Waals surface area contributed by atoms with Gasteiger partial charge in [0.05, 0.1) is 27.9 Å². The molecule has 0 atom stereocenters.